The monoisotopic (exact) mass is 287 g/mol. The molecule has 1 aliphatic rings. The van der Waals surface area contributed by atoms with Crippen LogP contribution in [-0.2, 0) is 13.5 Å². The van der Waals surface area contributed by atoms with E-state index in [1.807, 2.05) is 24.0 Å². The van der Waals surface area contributed by atoms with Gasteiger partial charge in [-0.1, -0.05) is 6.07 Å². The van der Waals surface area contributed by atoms with Gasteiger partial charge in [-0.2, -0.15) is 5.10 Å². The maximum Gasteiger partial charge on any atom is 0.161 e. The van der Waals surface area contributed by atoms with Crippen molar-refractivity contribution < 1.29 is 9.47 Å². The fourth-order valence-electron chi connectivity index (χ4n) is 2.51. The van der Waals surface area contributed by atoms with Crippen LogP contribution in [0.25, 0.3) is 0 Å². The topological polar surface area (TPSA) is 48.3 Å². The van der Waals surface area contributed by atoms with Crippen LogP contribution in [0, 0.1) is 0 Å². The van der Waals surface area contributed by atoms with Crippen LogP contribution in [-0.4, -0.2) is 29.5 Å². The first kappa shape index (κ1) is 13.9. The number of benzene rings is 1. The Bertz CT molecular complexity index is 609. The Morgan fingerprint density at radius 3 is 2.81 bits per heavy atom. The van der Waals surface area contributed by atoms with Gasteiger partial charge in [0.2, 0.25) is 0 Å². The van der Waals surface area contributed by atoms with Crippen molar-refractivity contribution in [3.8, 4) is 11.5 Å². The van der Waals surface area contributed by atoms with Crippen molar-refractivity contribution in [2.45, 2.75) is 19.4 Å². The number of aryl methyl sites for hydroxylation is 1. The molecule has 0 saturated heterocycles. The van der Waals surface area contributed by atoms with Crippen LogP contribution in [0.4, 0.5) is 0 Å². The molecular weight excluding hydrogens is 266 g/mol. The molecule has 1 aromatic heterocycles. The highest BCUT2D eigenvalue weighted by atomic mass is 16.6. The maximum atomic E-state index is 5.63. The number of ether oxygens (including phenoxy) is 2. The van der Waals surface area contributed by atoms with Crippen molar-refractivity contribution in [2.75, 3.05) is 19.8 Å². The molecule has 1 aliphatic heterocycles. The summed E-state index contributed by atoms with van der Waals surface area (Å²) in [5.41, 5.74) is 2.45. The number of aromatic nitrogens is 2. The van der Waals surface area contributed by atoms with Gasteiger partial charge in [-0.3, -0.25) is 4.68 Å². The molecule has 5 nitrogen and oxygen atoms in total. The minimum absolute atomic E-state index is 0.272. The van der Waals surface area contributed by atoms with Crippen LogP contribution in [0.3, 0.4) is 0 Å². The van der Waals surface area contributed by atoms with Crippen molar-refractivity contribution in [1.29, 1.82) is 0 Å². The quantitative estimate of drug-likeness (QED) is 0.915. The van der Waals surface area contributed by atoms with Crippen LogP contribution in [0.5, 0.6) is 11.5 Å². The van der Waals surface area contributed by atoms with Crippen molar-refractivity contribution in [3.05, 3.63) is 41.7 Å². The van der Waals surface area contributed by atoms with E-state index in [0.29, 0.717) is 13.2 Å². The third-order valence-corrected chi connectivity index (χ3v) is 3.82. The standard InChI is InChI=1S/C16H21N3O2/c1-12(17-7-5-14-6-8-18-19(14)2)13-3-4-15-16(11-13)21-10-9-20-15/h3-4,6,8,11-12,17H,5,7,9-10H2,1-2H3. The van der Waals surface area contributed by atoms with Gasteiger partial charge in [0.1, 0.15) is 13.2 Å². The summed E-state index contributed by atoms with van der Waals surface area (Å²) in [4.78, 5) is 0. The molecule has 0 radical (unpaired) electrons. The first-order valence-corrected chi connectivity index (χ1v) is 7.34. The smallest absolute Gasteiger partial charge is 0.161 e. The number of rotatable bonds is 5. The zero-order valence-electron chi connectivity index (χ0n) is 12.5. The molecule has 5 heteroatoms. The molecule has 1 atom stereocenters. The number of hydrogen-bond donors (Lipinski definition) is 1. The fraction of sp³-hybridized carbons (Fsp3) is 0.438. The first-order chi connectivity index (χ1) is 10.2. The fourth-order valence-corrected chi connectivity index (χ4v) is 2.51. The zero-order chi connectivity index (χ0) is 14.7. The lowest BCUT2D eigenvalue weighted by molar-refractivity contribution is 0.171. The second-order valence-electron chi connectivity index (χ2n) is 5.28. The molecule has 0 fully saturated rings. The van der Waals surface area contributed by atoms with Gasteiger partial charge in [-0.15, -0.1) is 0 Å². The third kappa shape index (κ3) is 3.19. The molecule has 0 bridgehead atoms. The SMILES string of the molecule is CC(NCCc1ccnn1C)c1ccc2c(c1)OCCO2. The Kier molecular flexibility index (Phi) is 4.10. The Labute approximate surface area is 124 Å². The average Bonchev–Trinajstić information content (AvgIpc) is 2.92. The molecule has 21 heavy (non-hydrogen) atoms. The maximum absolute atomic E-state index is 5.63. The number of nitrogens with one attached hydrogen (secondary N) is 1. The van der Waals surface area contributed by atoms with Crippen molar-refractivity contribution >= 4 is 0 Å². The van der Waals surface area contributed by atoms with Crippen LogP contribution < -0.4 is 14.8 Å². The minimum Gasteiger partial charge on any atom is -0.486 e. The van der Waals surface area contributed by atoms with Gasteiger partial charge in [0.05, 0.1) is 0 Å². The molecule has 2 heterocycles. The Morgan fingerprint density at radius 1 is 1.24 bits per heavy atom. The van der Waals surface area contributed by atoms with Gasteiger partial charge in [0.25, 0.3) is 0 Å². The van der Waals surface area contributed by atoms with Gasteiger partial charge in [-0.05, 0) is 30.7 Å². The van der Waals surface area contributed by atoms with Crippen molar-refractivity contribution in [1.82, 2.24) is 15.1 Å². The number of fused-ring (bicyclic) bond motifs is 1. The van der Waals surface area contributed by atoms with Gasteiger partial charge in [-0.25, -0.2) is 0 Å². The number of hydrogen-bond acceptors (Lipinski definition) is 4. The first-order valence-electron chi connectivity index (χ1n) is 7.34. The predicted molar refractivity (Wildman–Crippen MR) is 80.8 cm³/mol. The summed E-state index contributed by atoms with van der Waals surface area (Å²) in [6, 6.07) is 8.47. The number of nitrogens with zero attached hydrogens (tertiary/aromatic N) is 2. The Hall–Kier alpha value is -2.01. The minimum atomic E-state index is 0.272. The molecule has 1 N–H and O–H groups in total. The molecule has 1 unspecified atom stereocenters. The van der Waals surface area contributed by atoms with Crippen LogP contribution in [0.2, 0.25) is 0 Å². The molecule has 0 spiro atoms. The zero-order valence-corrected chi connectivity index (χ0v) is 12.5. The summed E-state index contributed by atoms with van der Waals surface area (Å²) in [5.74, 6) is 1.69. The lowest BCUT2D eigenvalue weighted by Gasteiger charge is -2.21. The van der Waals surface area contributed by atoms with Gasteiger partial charge in [0.15, 0.2) is 11.5 Å². The summed E-state index contributed by atoms with van der Waals surface area (Å²) < 4.78 is 13.1. The van der Waals surface area contributed by atoms with Crippen LogP contribution >= 0.6 is 0 Å². The lowest BCUT2D eigenvalue weighted by atomic mass is 10.1. The average molecular weight is 287 g/mol. The largest absolute Gasteiger partial charge is 0.486 e. The summed E-state index contributed by atoms with van der Waals surface area (Å²) in [6.07, 6.45) is 2.80. The molecule has 112 valence electrons. The van der Waals surface area contributed by atoms with E-state index in [1.54, 1.807) is 0 Å². The van der Waals surface area contributed by atoms with E-state index in [4.69, 9.17) is 9.47 Å². The van der Waals surface area contributed by atoms with Crippen molar-refractivity contribution in [2.24, 2.45) is 7.05 Å². The normalized spacial score (nSPS) is 15.0. The molecular formula is C16H21N3O2. The van der Waals surface area contributed by atoms with Gasteiger partial charge >= 0.3 is 0 Å². The van der Waals surface area contributed by atoms with E-state index in [9.17, 15) is 0 Å². The van der Waals surface area contributed by atoms with E-state index < -0.39 is 0 Å². The Balaban J connectivity index is 1.58. The molecule has 2 aromatic rings. The van der Waals surface area contributed by atoms with Crippen LogP contribution in [0.15, 0.2) is 30.5 Å². The highest BCUT2D eigenvalue weighted by Gasteiger charge is 2.14. The molecule has 0 amide bonds. The molecule has 0 saturated carbocycles. The van der Waals surface area contributed by atoms with E-state index in [0.717, 1.165) is 24.5 Å². The van der Waals surface area contributed by atoms with E-state index in [2.05, 4.69) is 35.5 Å². The van der Waals surface area contributed by atoms with Crippen LogP contribution in [0.1, 0.15) is 24.2 Å². The summed E-state index contributed by atoms with van der Waals surface area (Å²) in [7, 11) is 1.97. The summed E-state index contributed by atoms with van der Waals surface area (Å²) in [6.45, 7) is 4.33. The lowest BCUT2D eigenvalue weighted by Crippen LogP contribution is -2.22. The summed E-state index contributed by atoms with van der Waals surface area (Å²) in [5, 5.41) is 7.71. The highest BCUT2D eigenvalue weighted by Crippen LogP contribution is 2.32. The van der Waals surface area contributed by atoms with Gasteiger partial charge in [0, 0.05) is 37.9 Å². The van der Waals surface area contributed by atoms with E-state index >= 15 is 0 Å². The van der Waals surface area contributed by atoms with Gasteiger partial charge < -0.3 is 14.8 Å². The second-order valence-corrected chi connectivity index (χ2v) is 5.28. The van der Waals surface area contributed by atoms with E-state index in [-0.39, 0.29) is 6.04 Å². The second kappa shape index (κ2) is 6.18. The third-order valence-electron chi connectivity index (χ3n) is 3.82. The molecule has 3 rings (SSSR count). The predicted octanol–water partition coefficient (Wildman–Crippen LogP) is 2.08. The Morgan fingerprint density at radius 2 is 2.05 bits per heavy atom. The highest BCUT2D eigenvalue weighted by molar-refractivity contribution is 5.44. The molecule has 0 aliphatic carbocycles. The van der Waals surface area contributed by atoms with E-state index in [1.165, 1.54) is 11.3 Å². The molecule has 1 aromatic carbocycles. The summed E-state index contributed by atoms with van der Waals surface area (Å²) >= 11 is 0. The van der Waals surface area contributed by atoms with Crippen molar-refractivity contribution in [3.63, 3.8) is 0 Å².